The Hall–Kier alpha value is -2.46. The summed E-state index contributed by atoms with van der Waals surface area (Å²) in [5.41, 5.74) is 1.53. The summed E-state index contributed by atoms with van der Waals surface area (Å²) < 4.78 is 38.7. The van der Waals surface area contributed by atoms with Crippen molar-refractivity contribution in [2.45, 2.75) is 24.8 Å². The molecule has 1 amide bonds. The Balaban J connectivity index is 1.67. The molecule has 0 aromatic heterocycles. The van der Waals surface area contributed by atoms with Gasteiger partial charge in [0.1, 0.15) is 5.75 Å². The van der Waals surface area contributed by atoms with Gasteiger partial charge in [0, 0.05) is 26.2 Å². The number of hydrogen-bond donors (Lipinski definition) is 1. The molecule has 2 aromatic rings. The molecule has 1 aliphatic heterocycles. The maximum atomic E-state index is 13.4. The molecule has 3 rings (SSSR count). The zero-order valence-corrected chi connectivity index (χ0v) is 20.1. The molecule has 1 saturated heterocycles. The number of carbonyl (C=O) groups is 1. The molecule has 0 atom stereocenters. The van der Waals surface area contributed by atoms with Crippen molar-refractivity contribution >= 4 is 15.9 Å². The van der Waals surface area contributed by atoms with E-state index < -0.39 is 10.0 Å². The summed E-state index contributed by atoms with van der Waals surface area (Å²) in [6.45, 7) is 6.30. The standard InChI is InChI=1S/C24H33N3O5S/c1-20-17-22(9-10-23(20)31-2)33(29,30)27(18-21-7-4-3-5-8-21)19-24(28)25-11-6-12-26-13-15-32-16-14-26/h3-5,7-10,17H,6,11-16,18-19H2,1-2H3,(H,25,28). The van der Waals surface area contributed by atoms with Crippen LogP contribution in [0, 0.1) is 6.92 Å². The third-order valence-electron chi connectivity index (χ3n) is 5.60. The molecule has 0 radical (unpaired) electrons. The van der Waals surface area contributed by atoms with Crippen molar-refractivity contribution < 1.29 is 22.7 Å². The minimum absolute atomic E-state index is 0.107. The number of morpholine rings is 1. The highest BCUT2D eigenvalue weighted by atomic mass is 32.2. The Kier molecular flexibility index (Phi) is 9.25. The minimum atomic E-state index is -3.89. The summed E-state index contributed by atoms with van der Waals surface area (Å²) >= 11 is 0. The van der Waals surface area contributed by atoms with Crippen molar-refractivity contribution in [2.24, 2.45) is 0 Å². The molecule has 0 aliphatic carbocycles. The number of sulfonamides is 1. The van der Waals surface area contributed by atoms with Gasteiger partial charge in [0.2, 0.25) is 15.9 Å². The average Bonchev–Trinajstić information content (AvgIpc) is 2.82. The summed E-state index contributed by atoms with van der Waals surface area (Å²) in [5.74, 6) is 0.295. The molecule has 8 nitrogen and oxygen atoms in total. The van der Waals surface area contributed by atoms with Gasteiger partial charge in [0.25, 0.3) is 0 Å². The largest absolute Gasteiger partial charge is 0.496 e. The van der Waals surface area contributed by atoms with E-state index in [9.17, 15) is 13.2 Å². The van der Waals surface area contributed by atoms with Gasteiger partial charge in [-0.15, -0.1) is 0 Å². The zero-order chi connectivity index (χ0) is 23.7. The van der Waals surface area contributed by atoms with Gasteiger partial charge in [0.15, 0.2) is 0 Å². The van der Waals surface area contributed by atoms with E-state index in [2.05, 4.69) is 10.2 Å². The van der Waals surface area contributed by atoms with Crippen LogP contribution in [0.2, 0.25) is 0 Å². The monoisotopic (exact) mass is 475 g/mol. The fourth-order valence-corrected chi connectivity index (χ4v) is 5.21. The Labute approximate surface area is 196 Å². The number of rotatable bonds is 11. The van der Waals surface area contributed by atoms with E-state index in [0.717, 1.165) is 44.8 Å². The van der Waals surface area contributed by atoms with E-state index in [1.807, 2.05) is 30.3 Å². The molecule has 33 heavy (non-hydrogen) atoms. The van der Waals surface area contributed by atoms with Crippen LogP contribution in [0.4, 0.5) is 0 Å². The van der Waals surface area contributed by atoms with Gasteiger partial charge in [0.05, 0.1) is 31.8 Å². The van der Waals surface area contributed by atoms with E-state index in [1.54, 1.807) is 26.2 Å². The molecule has 0 unspecified atom stereocenters. The zero-order valence-electron chi connectivity index (χ0n) is 19.3. The van der Waals surface area contributed by atoms with Crippen molar-refractivity contribution in [3.8, 4) is 5.75 Å². The van der Waals surface area contributed by atoms with Crippen LogP contribution in [0.25, 0.3) is 0 Å². The van der Waals surface area contributed by atoms with E-state index in [-0.39, 0.29) is 23.9 Å². The maximum absolute atomic E-state index is 13.4. The quantitative estimate of drug-likeness (QED) is 0.501. The number of ether oxygens (including phenoxy) is 2. The Morgan fingerprint density at radius 2 is 1.88 bits per heavy atom. The van der Waals surface area contributed by atoms with Gasteiger partial charge >= 0.3 is 0 Å². The smallest absolute Gasteiger partial charge is 0.243 e. The van der Waals surface area contributed by atoms with E-state index in [1.165, 1.54) is 10.4 Å². The van der Waals surface area contributed by atoms with Crippen molar-refractivity contribution in [2.75, 3.05) is 53.0 Å². The van der Waals surface area contributed by atoms with Crippen molar-refractivity contribution in [3.05, 3.63) is 59.7 Å². The summed E-state index contributed by atoms with van der Waals surface area (Å²) in [5, 5.41) is 2.87. The first-order valence-corrected chi connectivity index (χ1v) is 12.6. The van der Waals surface area contributed by atoms with Crippen molar-refractivity contribution in [3.63, 3.8) is 0 Å². The van der Waals surface area contributed by atoms with Crippen molar-refractivity contribution in [1.82, 2.24) is 14.5 Å². The fraction of sp³-hybridized carbons (Fsp3) is 0.458. The highest BCUT2D eigenvalue weighted by Gasteiger charge is 2.27. The fourth-order valence-electron chi connectivity index (χ4n) is 3.74. The van der Waals surface area contributed by atoms with Crippen LogP contribution in [0.1, 0.15) is 17.5 Å². The van der Waals surface area contributed by atoms with Gasteiger partial charge in [-0.05, 0) is 49.2 Å². The van der Waals surface area contributed by atoms with Gasteiger partial charge in [-0.25, -0.2) is 8.42 Å². The number of carbonyl (C=O) groups excluding carboxylic acids is 1. The van der Waals surface area contributed by atoms with E-state index >= 15 is 0 Å². The normalized spacial score (nSPS) is 14.9. The van der Waals surface area contributed by atoms with Crippen LogP contribution in [0.3, 0.4) is 0 Å². The number of nitrogens with one attached hydrogen (secondary N) is 1. The third-order valence-corrected chi connectivity index (χ3v) is 7.39. The predicted octanol–water partition coefficient (Wildman–Crippen LogP) is 2.03. The van der Waals surface area contributed by atoms with Gasteiger partial charge in [-0.2, -0.15) is 4.31 Å². The Bertz CT molecular complexity index is 1010. The molecule has 1 heterocycles. The summed E-state index contributed by atoms with van der Waals surface area (Å²) in [7, 11) is -2.35. The van der Waals surface area contributed by atoms with Crippen LogP contribution in [-0.2, 0) is 26.1 Å². The van der Waals surface area contributed by atoms with E-state index in [0.29, 0.717) is 17.9 Å². The second kappa shape index (κ2) is 12.1. The lowest BCUT2D eigenvalue weighted by molar-refractivity contribution is -0.121. The maximum Gasteiger partial charge on any atom is 0.243 e. The molecule has 1 fully saturated rings. The lowest BCUT2D eigenvalue weighted by atomic mass is 10.2. The second-order valence-electron chi connectivity index (χ2n) is 8.05. The number of aryl methyl sites for hydroxylation is 1. The molecule has 2 aromatic carbocycles. The molecule has 180 valence electrons. The summed E-state index contributed by atoms with van der Waals surface area (Å²) in [6, 6.07) is 14.0. The highest BCUT2D eigenvalue weighted by molar-refractivity contribution is 7.89. The number of nitrogens with zero attached hydrogens (tertiary/aromatic N) is 2. The first-order chi connectivity index (χ1) is 15.9. The molecule has 1 N–H and O–H groups in total. The highest BCUT2D eigenvalue weighted by Crippen LogP contribution is 2.24. The number of benzene rings is 2. The van der Waals surface area contributed by atoms with Gasteiger partial charge < -0.3 is 14.8 Å². The lowest BCUT2D eigenvalue weighted by Gasteiger charge is -2.26. The number of amides is 1. The topological polar surface area (TPSA) is 88.2 Å². The van der Waals surface area contributed by atoms with Crippen LogP contribution < -0.4 is 10.1 Å². The molecule has 0 bridgehead atoms. The average molecular weight is 476 g/mol. The Morgan fingerprint density at radius 3 is 2.55 bits per heavy atom. The summed E-state index contributed by atoms with van der Waals surface area (Å²) in [6.07, 6.45) is 0.800. The second-order valence-corrected chi connectivity index (χ2v) is 9.99. The molecule has 0 spiro atoms. The van der Waals surface area contributed by atoms with Crippen molar-refractivity contribution in [1.29, 1.82) is 0 Å². The van der Waals surface area contributed by atoms with Crippen LogP contribution in [0.5, 0.6) is 5.75 Å². The first-order valence-electron chi connectivity index (χ1n) is 11.2. The summed E-state index contributed by atoms with van der Waals surface area (Å²) in [4.78, 5) is 15.1. The lowest BCUT2D eigenvalue weighted by Crippen LogP contribution is -2.41. The van der Waals surface area contributed by atoms with Crippen LogP contribution >= 0.6 is 0 Å². The molecule has 1 aliphatic rings. The number of methoxy groups -OCH3 is 1. The molecule has 9 heteroatoms. The predicted molar refractivity (Wildman–Crippen MR) is 127 cm³/mol. The third kappa shape index (κ3) is 7.26. The number of hydrogen-bond acceptors (Lipinski definition) is 6. The van der Waals surface area contributed by atoms with Gasteiger partial charge in [-0.3, -0.25) is 9.69 Å². The molecular weight excluding hydrogens is 442 g/mol. The van der Waals surface area contributed by atoms with Crippen LogP contribution in [-0.4, -0.2) is 76.6 Å². The minimum Gasteiger partial charge on any atom is -0.496 e. The SMILES string of the molecule is COc1ccc(S(=O)(=O)N(CC(=O)NCCCN2CCOCC2)Cc2ccccc2)cc1C. The van der Waals surface area contributed by atoms with Gasteiger partial charge in [-0.1, -0.05) is 30.3 Å². The molecular formula is C24H33N3O5S. The Morgan fingerprint density at radius 1 is 1.15 bits per heavy atom. The van der Waals surface area contributed by atoms with Crippen LogP contribution in [0.15, 0.2) is 53.4 Å². The molecule has 0 saturated carbocycles. The first kappa shape index (κ1) is 25.2. The van der Waals surface area contributed by atoms with E-state index in [4.69, 9.17) is 9.47 Å².